The van der Waals surface area contributed by atoms with E-state index in [0.717, 1.165) is 4.47 Å². The fourth-order valence-corrected chi connectivity index (χ4v) is 3.05. The predicted octanol–water partition coefficient (Wildman–Crippen LogP) is 2.32. The number of rotatable bonds is 4. The Hall–Kier alpha value is -2.54. The van der Waals surface area contributed by atoms with Crippen LogP contribution >= 0.6 is 15.9 Å². The molecular weight excluding hydrogens is 388 g/mol. The first kappa shape index (κ1) is 17.3. The van der Waals surface area contributed by atoms with Gasteiger partial charge >= 0.3 is 0 Å². The summed E-state index contributed by atoms with van der Waals surface area (Å²) >= 11 is 3.34. The Balaban J connectivity index is 1.79. The third kappa shape index (κ3) is 3.76. The van der Waals surface area contributed by atoms with E-state index in [2.05, 4.69) is 21.2 Å². The van der Waals surface area contributed by atoms with Crippen LogP contribution in [0.2, 0.25) is 0 Å². The summed E-state index contributed by atoms with van der Waals surface area (Å²) in [4.78, 5) is 24.5. The first-order valence-electron chi connectivity index (χ1n) is 7.73. The molecule has 2 aromatic carbocycles. The number of hydrogen-bond acceptors (Lipinski definition) is 4. The minimum Gasteiger partial charge on any atom is -0.482 e. The number of ether oxygens (including phenoxy) is 2. The Labute approximate surface area is 153 Å². The van der Waals surface area contributed by atoms with Gasteiger partial charge in [0, 0.05) is 4.47 Å². The number of carbonyl (C=O) groups is 2. The van der Waals surface area contributed by atoms with Crippen molar-refractivity contribution in [2.45, 2.75) is 25.2 Å². The zero-order valence-corrected chi connectivity index (χ0v) is 15.0. The average Bonchev–Trinajstić information content (AvgIpc) is 2.58. The van der Waals surface area contributed by atoms with Gasteiger partial charge in [-0.25, -0.2) is 0 Å². The minimum atomic E-state index is -0.960. The number of amides is 2. The molecule has 0 radical (unpaired) electrons. The second-order valence-corrected chi connectivity index (χ2v) is 6.62. The van der Waals surface area contributed by atoms with Gasteiger partial charge in [0.1, 0.15) is 12.1 Å². The van der Waals surface area contributed by atoms with E-state index in [4.69, 9.17) is 15.2 Å². The van der Waals surface area contributed by atoms with Gasteiger partial charge in [0.25, 0.3) is 5.91 Å². The highest BCUT2D eigenvalue weighted by Crippen LogP contribution is 2.33. The van der Waals surface area contributed by atoms with E-state index in [1.54, 1.807) is 43.3 Å². The molecule has 7 heteroatoms. The molecule has 1 aliphatic heterocycles. The van der Waals surface area contributed by atoms with Gasteiger partial charge in [0.15, 0.2) is 11.5 Å². The van der Waals surface area contributed by atoms with Crippen LogP contribution in [0, 0.1) is 0 Å². The molecule has 0 bridgehead atoms. The molecule has 3 N–H and O–H groups in total. The molecule has 3 atom stereocenters. The third-order valence-corrected chi connectivity index (χ3v) is 4.35. The Kier molecular flexibility index (Phi) is 4.94. The fourth-order valence-electron chi connectivity index (χ4n) is 2.64. The molecule has 25 heavy (non-hydrogen) atoms. The van der Waals surface area contributed by atoms with Crippen LogP contribution in [0.3, 0.4) is 0 Å². The van der Waals surface area contributed by atoms with Gasteiger partial charge in [-0.1, -0.05) is 40.2 Å². The highest BCUT2D eigenvalue weighted by Gasteiger charge is 2.36. The summed E-state index contributed by atoms with van der Waals surface area (Å²) in [5.41, 5.74) is 6.05. The van der Waals surface area contributed by atoms with Crippen molar-refractivity contribution in [1.82, 2.24) is 5.32 Å². The number of nitrogens with two attached hydrogens (primary N) is 1. The molecule has 3 rings (SSSR count). The van der Waals surface area contributed by atoms with E-state index in [1.165, 1.54) is 0 Å². The summed E-state index contributed by atoms with van der Waals surface area (Å²) in [5.74, 6) is -0.0571. The maximum Gasteiger partial charge on any atom is 0.265 e. The van der Waals surface area contributed by atoms with Crippen LogP contribution in [0.15, 0.2) is 53.0 Å². The van der Waals surface area contributed by atoms with Gasteiger partial charge in [-0.05, 0) is 36.8 Å². The maximum atomic E-state index is 12.7. The molecule has 0 saturated heterocycles. The second kappa shape index (κ2) is 7.14. The Morgan fingerprint density at radius 3 is 2.44 bits per heavy atom. The Morgan fingerprint density at radius 2 is 1.80 bits per heavy atom. The predicted molar refractivity (Wildman–Crippen MR) is 95.2 cm³/mol. The van der Waals surface area contributed by atoms with Crippen LogP contribution in [0.1, 0.15) is 18.5 Å². The quantitative estimate of drug-likeness (QED) is 0.817. The molecule has 130 valence electrons. The molecule has 2 aromatic rings. The SMILES string of the molecule is C[C@@H]1Oc2ccccc2O[C@@H]1C(=O)N[C@H](C(N)=O)c1cccc(Br)c1. The summed E-state index contributed by atoms with van der Waals surface area (Å²) in [6.07, 6.45) is -1.39. The highest BCUT2D eigenvalue weighted by atomic mass is 79.9. The van der Waals surface area contributed by atoms with Crippen LogP contribution in [0.25, 0.3) is 0 Å². The highest BCUT2D eigenvalue weighted by molar-refractivity contribution is 9.10. The van der Waals surface area contributed by atoms with Crippen LogP contribution in [-0.2, 0) is 9.59 Å². The van der Waals surface area contributed by atoms with Crippen LogP contribution < -0.4 is 20.5 Å². The lowest BCUT2D eigenvalue weighted by molar-refractivity contribution is -0.136. The standard InChI is InChI=1S/C18H17BrN2O4/c1-10-16(25-14-8-3-2-7-13(14)24-10)18(23)21-15(17(20)22)11-5-4-6-12(19)9-11/h2-10,15-16H,1H3,(H2,20,22)(H,21,23)/t10-,15-,16-/m0/s1. The lowest BCUT2D eigenvalue weighted by Gasteiger charge is -2.31. The summed E-state index contributed by atoms with van der Waals surface area (Å²) in [7, 11) is 0. The van der Waals surface area contributed by atoms with Crippen molar-refractivity contribution in [3.63, 3.8) is 0 Å². The molecule has 1 heterocycles. The fraction of sp³-hybridized carbons (Fsp3) is 0.222. The van der Waals surface area contributed by atoms with Crippen molar-refractivity contribution in [3.8, 4) is 11.5 Å². The van der Waals surface area contributed by atoms with Crippen molar-refractivity contribution < 1.29 is 19.1 Å². The zero-order chi connectivity index (χ0) is 18.0. The lowest BCUT2D eigenvalue weighted by Crippen LogP contribution is -2.51. The number of primary amides is 1. The molecule has 0 spiro atoms. The van der Waals surface area contributed by atoms with E-state index in [9.17, 15) is 9.59 Å². The molecule has 0 aromatic heterocycles. The van der Waals surface area contributed by atoms with Crippen molar-refractivity contribution in [3.05, 3.63) is 58.6 Å². The largest absolute Gasteiger partial charge is 0.482 e. The monoisotopic (exact) mass is 404 g/mol. The van der Waals surface area contributed by atoms with Crippen LogP contribution in [-0.4, -0.2) is 24.0 Å². The van der Waals surface area contributed by atoms with Crippen molar-refractivity contribution >= 4 is 27.7 Å². The van der Waals surface area contributed by atoms with Gasteiger partial charge in [-0.2, -0.15) is 0 Å². The average molecular weight is 405 g/mol. The number of fused-ring (bicyclic) bond motifs is 1. The van der Waals surface area contributed by atoms with E-state index < -0.39 is 30.1 Å². The van der Waals surface area contributed by atoms with E-state index in [-0.39, 0.29) is 0 Å². The molecule has 0 saturated carbocycles. The number of hydrogen-bond donors (Lipinski definition) is 2. The van der Waals surface area contributed by atoms with Crippen LogP contribution in [0.5, 0.6) is 11.5 Å². The van der Waals surface area contributed by atoms with E-state index in [0.29, 0.717) is 17.1 Å². The Bertz CT molecular complexity index is 811. The molecule has 1 aliphatic rings. The number of carbonyl (C=O) groups excluding carboxylic acids is 2. The second-order valence-electron chi connectivity index (χ2n) is 5.71. The third-order valence-electron chi connectivity index (χ3n) is 3.85. The van der Waals surface area contributed by atoms with Gasteiger partial charge in [0.05, 0.1) is 0 Å². The molecule has 6 nitrogen and oxygen atoms in total. The summed E-state index contributed by atoms with van der Waals surface area (Å²) in [5, 5.41) is 2.65. The summed E-state index contributed by atoms with van der Waals surface area (Å²) < 4.78 is 12.3. The summed E-state index contributed by atoms with van der Waals surface area (Å²) in [6.45, 7) is 1.73. The molecule has 0 unspecified atom stereocenters. The van der Waals surface area contributed by atoms with Crippen molar-refractivity contribution in [2.75, 3.05) is 0 Å². The number of para-hydroxylation sites is 2. The number of nitrogens with one attached hydrogen (secondary N) is 1. The Morgan fingerprint density at radius 1 is 1.12 bits per heavy atom. The molecule has 0 fully saturated rings. The zero-order valence-electron chi connectivity index (χ0n) is 13.4. The summed E-state index contributed by atoms with van der Waals surface area (Å²) in [6, 6.07) is 13.2. The van der Waals surface area contributed by atoms with Gasteiger partial charge in [-0.15, -0.1) is 0 Å². The van der Waals surface area contributed by atoms with Crippen LogP contribution in [0.4, 0.5) is 0 Å². The van der Waals surface area contributed by atoms with Crippen molar-refractivity contribution in [2.24, 2.45) is 5.73 Å². The van der Waals surface area contributed by atoms with E-state index >= 15 is 0 Å². The first-order chi connectivity index (χ1) is 12.0. The van der Waals surface area contributed by atoms with Gasteiger partial charge in [0.2, 0.25) is 12.0 Å². The topological polar surface area (TPSA) is 90.7 Å². The minimum absolute atomic E-state index is 0.467. The van der Waals surface area contributed by atoms with Gasteiger partial charge < -0.3 is 20.5 Å². The van der Waals surface area contributed by atoms with Crippen molar-refractivity contribution in [1.29, 1.82) is 0 Å². The number of benzene rings is 2. The lowest BCUT2D eigenvalue weighted by atomic mass is 10.1. The maximum absolute atomic E-state index is 12.7. The normalized spacial score (nSPS) is 19.8. The number of halogens is 1. The van der Waals surface area contributed by atoms with E-state index in [1.807, 2.05) is 12.1 Å². The smallest absolute Gasteiger partial charge is 0.265 e. The molecular formula is C18H17BrN2O4. The van der Waals surface area contributed by atoms with Gasteiger partial charge in [-0.3, -0.25) is 9.59 Å². The molecule has 2 amide bonds. The molecule has 0 aliphatic carbocycles. The first-order valence-corrected chi connectivity index (χ1v) is 8.52.